The van der Waals surface area contributed by atoms with Gasteiger partial charge in [0.1, 0.15) is 0 Å². The van der Waals surface area contributed by atoms with Crippen LogP contribution in [0.1, 0.15) is 19.4 Å². The maximum atomic E-state index is 11.4. The molecule has 0 atom stereocenters. The minimum Gasteiger partial charge on any atom is -0.342 e. The Labute approximate surface area is 198 Å². The molecule has 3 aromatic rings. The molecule has 0 spiro atoms. The molecule has 4 rings (SSSR count). The number of nitrogens with one attached hydrogen (secondary N) is 3. The number of nitrogens with two attached hydrogens (primary N) is 1. The fourth-order valence-corrected chi connectivity index (χ4v) is 3.99. The molecule has 0 unspecified atom stereocenters. The SMILES string of the molecule is CC(=N)C=CC(=N)[NH2+]C(=N)Cc1ccc2ncc(-c3cnn(CC4CN(C(C)=O)C4)c3)cc2c1. The molecule has 1 aliphatic heterocycles. The van der Waals surface area contributed by atoms with Crippen LogP contribution in [0, 0.1) is 22.1 Å². The first-order valence-electron chi connectivity index (χ1n) is 11.2. The first kappa shape index (κ1) is 23.2. The number of amides is 1. The zero-order valence-electron chi connectivity index (χ0n) is 19.4. The molecule has 1 saturated heterocycles. The van der Waals surface area contributed by atoms with Crippen molar-refractivity contribution < 1.29 is 10.1 Å². The second-order valence-electron chi connectivity index (χ2n) is 8.81. The van der Waals surface area contributed by atoms with E-state index in [1.807, 2.05) is 46.4 Å². The van der Waals surface area contributed by atoms with Crippen molar-refractivity contribution in [3.05, 3.63) is 60.6 Å². The fraction of sp³-hybridized carbons (Fsp3) is 0.280. The first-order valence-corrected chi connectivity index (χ1v) is 11.2. The van der Waals surface area contributed by atoms with Crippen LogP contribution in [-0.2, 0) is 17.8 Å². The number of carbonyl (C=O) groups is 1. The van der Waals surface area contributed by atoms with Crippen molar-refractivity contribution in [2.45, 2.75) is 26.8 Å². The number of allylic oxidation sites excluding steroid dienone is 1. The lowest BCUT2D eigenvalue weighted by atomic mass is 10.0. The molecular weight excluding hydrogens is 428 g/mol. The zero-order valence-corrected chi connectivity index (χ0v) is 19.4. The van der Waals surface area contributed by atoms with Crippen LogP contribution in [0.3, 0.4) is 0 Å². The van der Waals surface area contributed by atoms with Crippen molar-refractivity contribution >= 4 is 34.2 Å². The van der Waals surface area contributed by atoms with E-state index in [-0.39, 0.29) is 11.7 Å². The summed E-state index contributed by atoms with van der Waals surface area (Å²) in [5, 5.41) is 30.5. The van der Waals surface area contributed by atoms with Crippen LogP contribution in [0.15, 0.2) is 55.0 Å². The third-order valence-corrected chi connectivity index (χ3v) is 5.80. The minimum atomic E-state index is 0.125. The predicted molar refractivity (Wildman–Crippen MR) is 132 cm³/mol. The van der Waals surface area contributed by atoms with Crippen LogP contribution >= 0.6 is 0 Å². The highest BCUT2D eigenvalue weighted by Gasteiger charge is 2.28. The van der Waals surface area contributed by atoms with E-state index in [1.165, 1.54) is 11.4 Å². The van der Waals surface area contributed by atoms with Crippen molar-refractivity contribution in [2.24, 2.45) is 5.92 Å². The third-order valence-electron chi connectivity index (χ3n) is 5.80. The highest BCUT2D eigenvalue weighted by atomic mass is 16.2. The van der Waals surface area contributed by atoms with Gasteiger partial charge in [0.05, 0.1) is 18.1 Å². The Morgan fingerprint density at radius 2 is 1.91 bits per heavy atom. The van der Waals surface area contributed by atoms with Gasteiger partial charge in [0.2, 0.25) is 17.6 Å². The molecule has 9 nitrogen and oxygen atoms in total. The summed E-state index contributed by atoms with van der Waals surface area (Å²) in [4.78, 5) is 17.8. The molecule has 0 saturated carbocycles. The van der Waals surface area contributed by atoms with Gasteiger partial charge < -0.3 is 10.3 Å². The maximum absolute atomic E-state index is 11.4. The first-order chi connectivity index (χ1) is 16.3. The van der Waals surface area contributed by atoms with Gasteiger partial charge in [0.25, 0.3) is 0 Å². The number of carbonyl (C=O) groups excluding carboxylic acids is 1. The number of amidine groups is 2. The molecule has 3 heterocycles. The van der Waals surface area contributed by atoms with E-state index in [2.05, 4.69) is 16.1 Å². The van der Waals surface area contributed by atoms with Crippen molar-refractivity contribution in [3.63, 3.8) is 0 Å². The van der Waals surface area contributed by atoms with E-state index in [4.69, 9.17) is 16.2 Å². The monoisotopic (exact) mass is 457 g/mol. The Morgan fingerprint density at radius 3 is 2.65 bits per heavy atom. The molecule has 1 aliphatic rings. The van der Waals surface area contributed by atoms with Crippen molar-refractivity contribution in [3.8, 4) is 11.1 Å². The standard InChI is InChI=1S/C25H28N8O/c1-16(26)3-6-24(27)31-25(28)8-18-4-5-23-20(7-18)9-21(10-29-23)22-11-30-33(15-22)14-19-12-32(13-19)17(2)34/h3-7,9-11,15,19,26H,8,12-14H2,1-2H3,(H3,27,28,31)/p+1. The van der Waals surface area contributed by atoms with E-state index < -0.39 is 0 Å². The van der Waals surface area contributed by atoms with Gasteiger partial charge in [0.15, 0.2) is 0 Å². The molecule has 0 radical (unpaired) electrons. The number of fused-ring (bicyclic) bond motifs is 1. The summed E-state index contributed by atoms with van der Waals surface area (Å²) in [6.07, 6.45) is 9.19. The Balaban J connectivity index is 1.42. The molecule has 34 heavy (non-hydrogen) atoms. The lowest BCUT2D eigenvalue weighted by Crippen LogP contribution is -2.91. The van der Waals surface area contributed by atoms with Crippen molar-refractivity contribution in [2.75, 3.05) is 13.1 Å². The quantitative estimate of drug-likeness (QED) is 0.319. The molecule has 1 aromatic carbocycles. The molecule has 2 aromatic heterocycles. The van der Waals surface area contributed by atoms with Gasteiger partial charge in [0, 0.05) is 73.2 Å². The minimum absolute atomic E-state index is 0.125. The summed E-state index contributed by atoms with van der Waals surface area (Å²) < 4.78 is 1.93. The fourth-order valence-electron chi connectivity index (χ4n) is 3.99. The number of hydrogen-bond acceptors (Lipinski definition) is 6. The van der Waals surface area contributed by atoms with E-state index in [1.54, 1.807) is 19.9 Å². The van der Waals surface area contributed by atoms with Crippen LogP contribution in [0.4, 0.5) is 0 Å². The second-order valence-corrected chi connectivity index (χ2v) is 8.81. The van der Waals surface area contributed by atoms with E-state index in [0.717, 1.165) is 47.2 Å². The van der Waals surface area contributed by atoms with Crippen LogP contribution in [-0.4, -0.2) is 56.0 Å². The lowest BCUT2D eigenvalue weighted by molar-refractivity contribution is -0.411. The molecule has 174 valence electrons. The summed E-state index contributed by atoms with van der Waals surface area (Å²) in [5.41, 5.74) is 4.20. The molecule has 5 N–H and O–H groups in total. The van der Waals surface area contributed by atoms with Gasteiger partial charge >= 0.3 is 0 Å². The number of nitrogens with zero attached hydrogens (tertiary/aromatic N) is 4. The predicted octanol–water partition coefficient (Wildman–Crippen LogP) is 2.23. The number of quaternary nitrogens is 1. The number of rotatable bonds is 7. The molecule has 1 fully saturated rings. The maximum Gasteiger partial charge on any atom is 0.222 e. The Bertz CT molecular complexity index is 1300. The second kappa shape index (κ2) is 9.88. The number of hydrogen-bond donors (Lipinski definition) is 4. The van der Waals surface area contributed by atoms with Gasteiger partial charge in [-0.05, 0) is 36.8 Å². The van der Waals surface area contributed by atoms with Gasteiger partial charge in [-0.1, -0.05) is 6.07 Å². The van der Waals surface area contributed by atoms with Crippen LogP contribution in [0.5, 0.6) is 0 Å². The zero-order chi connectivity index (χ0) is 24.2. The summed E-state index contributed by atoms with van der Waals surface area (Å²) in [7, 11) is 0. The Kier molecular flexibility index (Phi) is 6.74. The lowest BCUT2D eigenvalue weighted by Gasteiger charge is -2.38. The average Bonchev–Trinajstić information content (AvgIpc) is 3.22. The summed E-state index contributed by atoms with van der Waals surface area (Å²) in [5.74, 6) is 1.10. The summed E-state index contributed by atoms with van der Waals surface area (Å²) in [6.45, 7) is 5.61. The highest BCUT2D eigenvalue weighted by Crippen LogP contribution is 2.24. The number of pyridine rings is 1. The largest absolute Gasteiger partial charge is 0.342 e. The normalized spacial score (nSPS) is 13.9. The summed E-state index contributed by atoms with van der Waals surface area (Å²) >= 11 is 0. The summed E-state index contributed by atoms with van der Waals surface area (Å²) in [6, 6.07) is 8.02. The van der Waals surface area contributed by atoms with Gasteiger partial charge in [-0.25, -0.2) is 0 Å². The van der Waals surface area contributed by atoms with Crippen LogP contribution < -0.4 is 5.32 Å². The van der Waals surface area contributed by atoms with Crippen molar-refractivity contribution in [1.82, 2.24) is 19.7 Å². The number of likely N-dealkylation sites (tertiary alicyclic amines) is 1. The molecule has 0 aliphatic carbocycles. The van der Waals surface area contributed by atoms with Crippen molar-refractivity contribution in [1.29, 1.82) is 16.2 Å². The van der Waals surface area contributed by atoms with E-state index in [9.17, 15) is 4.79 Å². The van der Waals surface area contributed by atoms with E-state index in [0.29, 0.717) is 23.9 Å². The van der Waals surface area contributed by atoms with E-state index >= 15 is 0 Å². The average molecular weight is 458 g/mol. The Morgan fingerprint density at radius 1 is 1.12 bits per heavy atom. The highest BCUT2D eigenvalue weighted by molar-refractivity contribution is 5.98. The van der Waals surface area contributed by atoms with Crippen LogP contribution in [0.2, 0.25) is 0 Å². The molecular formula is C25H29N8O+. The smallest absolute Gasteiger partial charge is 0.222 e. The number of benzene rings is 1. The third kappa shape index (κ3) is 5.68. The van der Waals surface area contributed by atoms with Gasteiger partial charge in [-0.15, -0.1) is 0 Å². The van der Waals surface area contributed by atoms with Gasteiger partial charge in [-0.2, -0.15) is 5.10 Å². The molecule has 1 amide bonds. The van der Waals surface area contributed by atoms with Gasteiger partial charge in [-0.3, -0.25) is 30.6 Å². The Hall–Kier alpha value is -3.98. The van der Waals surface area contributed by atoms with Crippen LogP contribution in [0.25, 0.3) is 22.0 Å². The molecule has 0 bridgehead atoms. The number of aromatic nitrogens is 3. The molecule has 9 heteroatoms. The topological polar surface area (TPSA) is 139 Å².